The number of imidazole rings is 1. The number of hydrogen-bond acceptors (Lipinski definition) is 4. The maximum Gasteiger partial charge on any atom is 0.252 e. The van der Waals surface area contributed by atoms with E-state index in [1.54, 1.807) is 12.1 Å². The minimum atomic E-state index is -0.300. The molecule has 0 fully saturated rings. The molecule has 3 aromatic carbocycles. The molecule has 0 saturated heterocycles. The van der Waals surface area contributed by atoms with E-state index in [0.717, 1.165) is 53.9 Å². The lowest BCUT2D eigenvalue weighted by Gasteiger charge is -2.22. The maximum atomic E-state index is 13.4. The van der Waals surface area contributed by atoms with Gasteiger partial charge in [0.1, 0.15) is 11.6 Å². The SMILES string of the molecule is CCCN(CCC)C/C(=C\c1ccc(F)cc1)C(=O)Nc1ccc(-c2nc3ccc(N)cc3n2C)cc1. The number of halogens is 1. The normalized spacial score (nSPS) is 11.9. The van der Waals surface area contributed by atoms with Crippen LogP contribution in [0.25, 0.3) is 28.5 Å². The molecule has 0 aliphatic heterocycles. The Kier molecular flexibility index (Phi) is 8.36. The molecule has 0 aliphatic carbocycles. The first kappa shape index (κ1) is 26.1. The first-order valence-electron chi connectivity index (χ1n) is 12.7. The molecular weight excluding hydrogens is 465 g/mol. The van der Waals surface area contributed by atoms with E-state index < -0.39 is 0 Å². The van der Waals surface area contributed by atoms with Crippen LogP contribution in [0.2, 0.25) is 0 Å². The van der Waals surface area contributed by atoms with Crippen LogP contribution >= 0.6 is 0 Å². The van der Waals surface area contributed by atoms with Gasteiger partial charge < -0.3 is 15.6 Å². The third-order valence-corrected chi connectivity index (χ3v) is 6.28. The van der Waals surface area contributed by atoms with Crippen LogP contribution in [0.4, 0.5) is 15.8 Å². The molecule has 4 aromatic rings. The number of anilines is 2. The Labute approximate surface area is 217 Å². The minimum Gasteiger partial charge on any atom is -0.399 e. The summed E-state index contributed by atoms with van der Waals surface area (Å²) < 4.78 is 15.4. The number of benzene rings is 3. The van der Waals surface area contributed by atoms with Gasteiger partial charge in [-0.15, -0.1) is 0 Å². The summed E-state index contributed by atoms with van der Waals surface area (Å²) in [5.41, 5.74) is 11.5. The number of fused-ring (bicyclic) bond motifs is 1. The number of amides is 1. The highest BCUT2D eigenvalue weighted by Crippen LogP contribution is 2.26. The molecule has 0 aliphatic rings. The molecule has 4 rings (SSSR count). The van der Waals surface area contributed by atoms with Crippen molar-refractivity contribution in [2.45, 2.75) is 26.7 Å². The predicted molar refractivity (Wildman–Crippen MR) is 151 cm³/mol. The molecule has 7 heteroatoms. The molecule has 192 valence electrons. The molecule has 0 unspecified atom stereocenters. The van der Waals surface area contributed by atoms with Crippen molar-refractivity contribution < 1.29 is 9.18 Å². The molecule has 1 aromatic heterocycles. The zero-order valence-corrected chi connectivity index (χ0v) is 21.7. The number of nitrogens with one attached hydrogen (secondary N) is 1. The fraction of sp³-hybridized carbons (Fsp3) is 0.267. The molecule has 1 heterocycles. The van der Waals surface area contributed by atoms with Crippen LogP contribution in [0.1, 0.15) is 32.3 Å². The Morgan fingerprint density at radius 1 is 1.03 bits per heavy atom. The number of hydrogen-bond donors (Lipinski definition) is 2. The number of carbonyl (C=O) groups is 1. The fourth-order valence-corrected chi connectivity index (χ4v) is 4.47. The van der Waals surface area contributed by atoms with Gasteiger partial charge in [0.15, 0.2) is 0 Å². The van der Waals surface area contributed by atoms with Crippen LogP contribution in [0, 0.1) is 5.82 Å². The van der Waals surface area contributed by atoms with E-state index in [1.807, 2.05) is 60.2 Å². The molecule has 0 atom stereocenters. The van der Waals surface area contributed by atoms with Gasteiger partial charge in [-0.1, -0.05) is 26.0 Å². The summed E-state index contributed by atoms with van der Waals surface area (Å²) in [6, 6.07) is 19.5. The Hall–Kier alpha value is -3.97. The molecule has 37 heavy (non-hydrogen) atoms. The van der Waals surface area contributed by atoms with Gasteiger partial charge in [-0.25, -0.2) is 9.37 Å². The van der Waals surface area contributed by atoms with E-state index in [-0.39, 0.29) is 11.7 Å². The average molecular weight is 500 g/mol. The summed E-state index contributed by atoms with van der Waals surface area (Å²) >= 11 is 0. The molecule has 0 spiro atoms. The van der Waals surface area contributed by atoms with E-state index in [2.05, 4.69) is 24.1 Å². The van der Waals surface area contributed by atoms with Crippen molar-refractivity contribution in [2.75, 3.05) is 30.7 Å². The second-order valence-corrected chi connectivity index (χ2v) is 9.27. The summed E-state index contributed by atoms with van der Waals surface area (Å²) in [5.74, 6) is 0.351. The summed E-state index contributed by atoms with van der Waals surface area (Å²) in [6.07, 6.45) is 3.84. The highest BCUT2D eigenvalue weighted by Gasteiger charge is 2.15. The highest BCUT2D eigenvalue weighted by atomic mass is 19.1. The smallest absolute Gasteiger partial charge is 0.252 e. The van der Waals surface area contributed by atoms with Gasteiger partial charge in [0.05, 0.1) is 11.0 Å². The number of nitrogen functional groups attached to an aromatic ring is 1. The van der Waals surface area contributed by atoms with Crippen molar-refractivity contribution in [2.24, 2.45) is 7.05 Å². The van der Waals surface area contributed by atoms with Crippen molar-refractivity contribution in [1.29, 1.82) is 0 Å². The van der Waals surface area contributed by atoms with Crippen LogP contribution in [0.3, 0.4) is 0 Å². The minimum absolute atomic E-state index is 0.174. The van der Waals surface area contributed by atoms with Crippen molar-refractivity contribution >= 4 is 34.4 Å². The summed E-state index contributed by atoms with van der Waals surface area (Å²) in [6.45, 7) is 6.59. The standard InChI is InChI=1S/C30H34FN5O/c1-4-16-36(17-5-2)20-23(18-21-6-10-24(31)11-7-21)30(37)33-26-13-8-22(9-14-26)29-34-27-15-12-25(32)19-28(27)35(29)3/h6-15,18-19H,4-5,16-17,20,32H2,1-3H3,(H,33,37)/b23-18+. The lowest BCUT2D eigenvalue weighted by atomic mass is 10.1. The molecule has 1 amide bonds. The van der Waals surface area contributed by atoms with E-state index in [0.29, 0.717) is 23.5 Å². The van der Waals surface area contributed by atoms with Crippen molar-refractivity contribution in [3.63, 3.8) is 0 Å². The van der Waals surface area contributed by atoms with Crippen molar-refractivity contribution in [1.82, 2.24) is 14.5 Å². The first-order valence-corrected chi connectivity index (χ1v) is 12.7. The topological polar surface area (TPSA) is 76.2 Å². The molecule has 6 nitrogen and oxygen atoms in total. The summed E-state index contributed by atoms with van der Waals surface area (Å²) in [5, 5.41) is 3.04. The number of aryl methyl sites for hydroxylation is 1. The third kappa shape index (κ3) is 6.43. The zero-order valence-electron chi connectivity index (χ0n) is 21.7. The molecule has 0 bridgehead atoms. The Bertz CT molecular complexity index is 1380. The average Bonchev–Trinajstić information content (AvgIpc) is 3.21. The molecular formula is C30H34FN5O. The Morgan fingerprint density at radius 2 is 1.70 bits per heavy atom. The number of nitrogens with two attached hydrogens (primary N) is 1. The maximum absolute atomic E-state index is 13.4. The largest absolute Gasteiger partial charge is 0.399 e. The van der Waals surface area contributed by atoms with Gasteiger partial charge in [-0.05, 0) is 92.2 Å². The number of nitrogens with zero attached hydrogens (tertiary/aromatic N) is 3. The van der Waals surface area contributed by atoms with Crippen LogP contribution < -0.4 is 11.1 Å². The monoisotopic (exact) mass is 499 g/mol. The van der Waals surface area contributed by atoms with E-state index >= 15 is 0 Å². The molecule has 0 saturated carbocycles. The number of carbonyl (C=O) groups excluding carboxylic acids is 1. The fourth-order valence-electron chi connectivity index (χ4n) is 4.47. The predicted octanol–water partition coefficient (Wildman–Crippen LogP) is 6.11. The Morgan fingerprint density at radius 3 is 2.35 bits per heavy atom. The second-order valence-electron chi connectivity index (χ2n) is 9.27. The lowest BCUT2D eigenvalue weighted by Crippen LogP contribution is -2.31. The summed E-state index contributed by atoms with van der Waals surface area (Å²) in [4.78, 5) is 20.4. The second kappa shape index (κ2) is 11.8. The van der Waals surface area contributed by atoms with Gasteiger partial charge in [-0.3, -0.25) is 9.69 Å². The van der Waals surface area contributed by atoms with Gasteiger partial charge >= 0.3 is 0 Å². The highest BCUT2D eigenvalue weighted by molar-refractivity contribution is 6.07. The van der Waals surface area contributed by atoms with Gasteiger partial charge in [0.2, 0.25) is 0 Å². The van der Waals surface area contributed by atoms with Crippen LogP contribution in [-0.4, -0.2) is 40.0 Å². The van der Waals surface area contributed by atoms with Gasteiger partial charge in [0.25, 0.3) is 5.91 Å². The molecule has 0 radical (unpaired) electrons. The van der Waals surface area contributed by atoms with Crippen LogP contribution in [0.15, 0.2) is 72.3 Å². The number of rotatable bonds is 10. The van der Waals surface area contributed by atoms with Gasteiger partial charge in [0, 0.05) is 36.1 Å². The van der Waals surface area contributed by atoms with Crippen molar-refractivity contribution in [3.8, 4) is 11.4 Å². The van der Waals surface area contributed by atoms with E-state index in [4.69, 9.17) is 10.7 Å². The lowest BCUT2D eigenvalue weighted by molar-refractivity contribution is -0.113. The van der Waals surface area contributed by atoms with Crippen molar-refractivity contribution in [3.05, 3.63) is 83.7 Å². The van der Waals surface area contributed by atoms with Crippen LogP contribution in [-0.2, 0) is 11.8 Å². The summed E-state index contributed by atoms with van der Waals surface area (Å²) in [7, 11) is 1.96. The number of aromatic nitrogens is 2. The quantitative estimate of drug-likeness (QED) is 0.204. The molecule has 3 N–H and O–H groups in total. The first-order chi connectivity index (χ1) is 17.9. The third-order valence-electron chi connectivity index (χ3n) is 6.28. The van der Waals surface area contributed by atoms with E-state index in [1.165, 1.54) is 12.1 Å². The van der Waals surface area contributed by atoms with Crippen LogP contribution in [0.5, 0.6) is 0 Å². The van der Waals surface area contributed by atoms with E-state index in [9.17, 15) is 9.18 Å². The Balaban J connectivity index is 1.56. The van der Waals surface area contributed by atoms with Gasteiger partial charge in [-0.2, -0.15) is 0 Å². The zero-order chi connectivity index (χ0) is 26.4.